The molecule has 1 aromatic carbocycles. The van der Waals surface area contributed by atoms with Crippen LogP contribution in [0.4, 0.5) is 0 Å². The summed E-state index contributed by atoms with van der Waals surface area (Å²) in [6.07, 6.45) is 3.31. The Morgan fingerprint density at radius 2 is 1.89 bits per heavy atom. The summed E-state index contributed by atoms with van der Waals surface area (Å²) >= 11 is 1.29. The minimum Gasteiger partial charge on any atom is -0.465 e. The lowest BCUT2D eigenvalue weighted by molar-refractivity contribution is -0.142. The van der Waals surface area contributed by atoms with E-state index in [0.717, 1.165) is 5.56 Å². The van der Waals surface area contributed by atoms with Crippen LogP contribution in [0.1, 0.15) is 17.7 Å². The highest BCUT2D eigenvalue weighted by Gasteiger charge is 2.24. The van der Waals surface area contributed by atoms with E-state index >= 15 is 0 Å². The van der Waals surface area contributed by atoms with Crippen LogP contribution in [-0.4, -0.2) is 22.5 Å². The second kappa shape index (κ2) is 6.89. The van der Waals surface area contributed by atoms with Crippen molar-refractivity contribution in [3.05, 3.63) is 54.4 Å². The molecule has 5 heteroatoms. The fraction of sp³-hybridized carbons (Fsp3) is 0.214. The monoisotopic (exact) mass is 274 g/mol. The molecule has 0 bridgehead atoms. The van der Waals surface area contributed by atoms with Crippen molar-refractivity contribution in [3.8, 4) is 0 Å². The highest BCUT2D eigenvalue weighted by molar-refractivity contribution is 8.00. The van der Waals surface area contributed by atoms with Gasteiger partial charge in [-0.25, -0.2) is 9.97 Å². The predicted octanol–water partition coefficient (Wildman–Crippen LogP) is 2.87. The minimum atomic E-state index is -0.441. The lowest BCUT2D eigenvalue weighted by Crippen LogP contribution is -2.13. The third kappa shape index (κ3) is 3.79. The average molecular weight is 274 g/mol. The first-order valence-corrected chi connectivity index (χ1v) is 6.84. The molecular weight excluding hydrogens is 260 g/mol. The summed E-state index contributed by atoms with van der Waals surface area (Å²) in [5, 5.41) is 0.118. The number of ether oxygens (including phenoxy) is 1. The number of esters is 1. The van der Waals surface area contributed by atoms with Crippen molar-refractivity contribution < 1.29 is 9.53 Å². The van der Waals surface area contributed by atoms with Crippen molar-refractivity contribution in [2.24, 2.45) is 0 Å². The standard InChI is InChI=1S/C14H14N2O2S/c1-2-18-13(17)12(11-7-4-3-5-8-11)19-14-15-9-6-10-16-14/h3-10,12H,2H2,1H3. The van der Waals surface area contributed by atoms with Crippen molar-refractivity contribution in [1.82, 2.24) is 9.97 Å². The quantitative estimate of drug-likeness (QED) is 0.477. The second-order valence-electron chi connectivity index (χ2n) is 3.69. The van der Waals surface area contributed by atoms with Crippen LogP contribution >= 0.6 is 11.8 Å². The molecule has 0 aliphatic heterocycles. The minimum absolute atomic E-state index is 0.272. The topological polar surface area (TPSA) is 52.1 Å². The highest BCUT2D eigenvalue weighted by Crippen LogP contribution is 2.33. The summed E-state index contributed by atoms with van der Waals surface area (Å²) < 4.78 is 5.12. The molecule has 1 atom stereocenters. The summed E-state index contributed by atoms with van der Waals surface area (Å²) in [5.74, 6) is -0.272. The van der Waals surface area contributed by atoms with E-state index in [1.54, 1.807) is 25.4 Å². The van der Waals surface area contributed by atoms with Gasteiger partial charge in [-0.1, -0.05) is 42.1 Å². The molecule has 0 amide bonds. The summed E-state index contributed by atoms with van der Waals surface area (Å²) in [7, 11) is 0. The van der Waals surface area contributed by atoms with Crippen LogP contribution in [-0.2, 0) is 9.53 Å². The first-order chi connectivity index (χ1) is 9.31. The number of benzene rings is 1. The molecule has 0 fully saturated rings. The Morgan fingerprint density at radius 3 is 2.53 bits per heavy atom. The number of hydrogen-bond acceptors (Lipinski definition) is 5. The number of aromatic nitrogens is 2. The molecule has 0 N–H and O–H groups in total. The van der Waals surface area contributed by atoms with Gasteiger partial charge in [0.15, 0.2) is 5.16 Å². The number of carbonyl (C=O) groups excluding carboxylic acids is 1. The maximum atomic E-state index is 12.0. The molecule has 1 unspecified atom stereocenters. The van der Waals surface area contributed by atoms with Crippen molar-refractivity contribution in [2.45, 2.75) is 17.3 Å². The van der Waals surface area contributed by atoms with Crippen molar-refractivity contribution in [1.29, 1.82) is 0 Å². The Kier molecular flexibility index (Phi) is 4.92. The van der Waals surface area contributed by atoms with Gasteiger partial charge in [0.25, 0.3) is 0 Å². The third-order valence-corrected chi connectivity index (χ3v) is 3.49. The fourth-order valence-electron chi connectivity index (χ4n) is 1.55. The van der Waals surface area contributed by atoms with Gasteiger partial charge in [0.05, 0.1) is 6.61 Å². The van der Waals surface area contributed by atoms with E-state index in [2.05, 4.69) is 9.97 Å². The molecule has 0 aliphatic rings. The number of nitrogens with zero attached hydrogens (tertiary/aromatic N) is 2. The van der Waals surface area contributed by atoms with Gasteiger partial charge in [0.2, 0.25) is 0 Å². The van der Waals surface area contributed by atoms with E-state index in [4.69, 9.17) is 4.74 Å². The first-order valence-electron chi connectivity index (χ1n) is 5.96. The number of hydrogen-bond donors (Lipinski definition) is 0. The number of carbonyl (C=O) groups is 1. The zero-order chi connectivity index (χ0) is 13.5. The normalized spacial score (nSPS) is 11.8. The smallest absolute Gasteiger partial charge is 0.324 e. The lowest BCUT2D eigenvalue weighted by atomic mass is 10.1. The molecule has 4 nitrogen and oxygen atoms in total. The van der Waals surface area contributed by atoms with E-state index < -0.39 is 5.25 Å². The zero-order valence-electron chi connectivity index (χ0n) is 10.5. The van der Waals surface area contributed by atoms with Gasteiger partial charge < -0.3 is 4.74 Å². The second-order valence-corrected chi connectivity index (χ2v) is 4.76. The molecule has 0 aliphatic carbocycles. The third-order valence-electron chi connectivity index (χ3n) is 2.37. The molecule has 0 spiro atoms. The number of thioether (sulfide) groups is 1. The van der Waals surface area contributed by atoms with Gasteiger partial charge in [-0.3, -0.25) is 4.79 Å². The molecule has 0 radical (unpaired) electrons. The van der Waals surface area contributed by atoms with Crippen LogP contribution in [0.2, 0.25) is 0 Å². The van der Waals surface area contributed by atoms with Crippen LogP contribution in [0, 0.1) is 0 Å². The Morgan fingerprint density at radius 1 is 1.21 bits per heavy atom. The Balaban J connectivity index is 2.22. The first kappa shape index (κ1) is 13.5. The van der Waals surface area contributed by atoms with Crippen molar-refractivity contribution >= 4 is 17.7 Å². The summed E-state index contributed by atoms with van der Waals surface area (Å²) in [6, 6.07) is 11.2. The Bertz CT molecular complexity index is 519. The van der Waals surface area contributed by atoms with Crippen molar-refractivity contribution in [2.75, 3.05) is 6.61 Å². The fourth-order valence-corrected chi connectivity index (χ4v) is 2.46. The van der Waals surface area contributed by atoms with Crippen LogP contribution in [0.3, 0.4) is 0 Å². The van der Waals surface area contributed by atoms with Gasteiger partial charge in [-0.05, 0) is 18.6 Å². The maximum Gasteiger partial charge on any atom is 0.324 e. The molecule has 1 heterocycles. The van der Waals surface area contributed by atoms with Crippen LogP contribution in [0.5, 0.6) is 0 Å². The molecular formula is C14H14N2O2S. The van der Waals surface area contributed by atoms with Gasteiger partial charge in [0, 0.05) is 12.4 Å². The predicted molar refractivity (Wildman–Crippen MR) is 73.7 cm³/mol. The molecule has 2 rings (SSSR count). The Hall–Kier alpha value is -1.88. The van der Waals surface area contributed by atoms with Gasteiger partial charge in [0.1, 0.15) is 5.25 Å². The SMILES string of the molecule is CCOC(=O)C(Sc1ncccn1)c1ccccc1. The lowest BCUT2D eigenvalue weighted by Gasteiger charge is -2.14. The molecule has 1 aromatic heterocycles. The molecule has 0 saturated carbocycles. The van der Waals surface area contributed by atoms with E-state index in [1.807, 2.05) is 30.3 Å². The van der Waals surface area contributed by atoms with Gasteiger partial charge in [-0.15, -0.1) is 0 Å². The van der Waals surface area contributed by atoms with E-state index in [9.17, 15) is 4.79 Å². The maximum absolute atomic E-state index is 12.0. The van der Waals surface area contributed by atoms with Gasteiger partial charge >= 0.3 is 5.97 Å². The van der Waals surface area contributed by atoms with Crippen LogP contribution < -0.4 is 0 Å². The van der Waals surface area contributed by atoms with Crippen molar-refractivity contribution in [3.63, 3.8) is 0 Å². The molecule has 19 heavy (non-hydrogen) atoms. The summed E-state index contributed by atoms with van der Waals surface area (Å²) in [5.41, 5.74) is 0.887. The average Bonchev–Trinajstić information content (AvgIpc) is 2.47. The highest BCUT2D eigenvalue weighted by atomic mass is 32.2. The van der Waals surface area contributed by atoms with E-state index in [1.165, 1.54) is 11.8 Å². The van der Waals surface area contributed by atoms with Gasteiger partial charge in [-0.2, -0.15) is 0 Å². The number of rotatable bonds is 5. The summed E-state index contributed by atoms with van der Waals surface area (Å²) in [4.78, 5) is 20.3. The Labute approximate surface area is 116 Å². The molecule has 98 valence electrons. The molecule has 2 aromatic rings. The van der Waals surface area contributed by atoms with Crippen LogP contribution in [0.15, 0.2) is 53.9 Å². The zero-order valence-corrected chi connectivity index (χ0v) is 11.3. The van der Waals surface area contributed by atoms with E-state index in [0.29, 0.717) is 11.8 Å². The molecule has 0 saturated heterocycles. The van der Waals surface area contributed by atoms with Crippen LogP contribution in [0.25, 0.3) is 0 Å². The summed E-state index contributed by atoms with van der Waals surface area (Å²) in [6.45, 7) is 2.15. The van der Waals surface area contributed by atoms with E-state index in [-0.39, 0.29) is 5.97 Å². The largest absolute Gasteiger partial charge is 0.465 e.